The van der Waals surface area contributed by atoms with Crippen LogP contribution >= 0.6 is 0 Å². The first-order chi connectivity index (χ1) is 11.3. The molecule has 0 atom stereocenters. The zero-order chi connectivity index (χ0) is 15.9. The molecule has 1 aliphatic heterocycles. The lowest BCUT2D eigenvalue weighted by molar-refractivity contribution is 0.0972. The topological polar surface area (TPSA) is 26.3 Å². The molecule has 0 fully saturated rings. The van der Waals surface area contributed by atoms with E-state index >= 15 is 0 Å². The van der Waals surface area contributed by atoms with Crippen LogP contribution in [0.1, 0.15) is 53.6 Å². The number of ether oxygens (including phenoxy) is 1. The van der Waals surface area contributed by atoms with Gasteiger partial charge in [0.15, 0.2) is 5.78 Å². The van der Waals surface area contributed by atoms with Crippen molar-refractivity contribution in [2.24, 2.45) is 0 Å². The maximum absolute atomic E-state index is 12.6. The minimum atomic E-state index is 0.190. The van der Waals surface area contributed by atoms with Crippen LogP contribution in [0, 0.1) is 0 Å². The first-order valence-corrected chi connectivity index (χ1v) is 8.37. The second-order valence-corrected chi connectivity index (χ2v) is 5.90. The smallest absolute Gasteiger partial charge is 0.167 e. The molecule has 1 aliphatic rings. The van der Waals surface area contributed by atoms with Crippen LogP contribution in [0.2, 0.25) is 0 Å². The predicted octanol–water partition coefficient (Wildman–Crippen LogP) is 5.38. The van der Waals surface area contributed by atoms with Gasteiger partial charge in [-0.05, 0) is 30.0 Å². The zero-order valence-corrected chi connectivity index (χ0v) is 13.3. The maximum atomic E-state index is 12.6. The Morgan fingerprint density at radius 2 is 1.65 bits per heavy atom. The second kappa shape index (κ2) is 7.77. The van der Waals surface area contributed by atoms with E-state index in [1.54, 1.807) is 0 Å². The lowest BCUT2D eigenvalue weighted by Crippen LogP contribution is -2.09. The molecule has 23 heavy (non-hydrogen) atoms. The average molecular weight is 306 g/mol. The summed E-state index contributed by atoms with van der Waals surface area (Å²) in [6.45, 7) is 0.687. The summed E-state index contributed by atoms with van der Waals surface area (Å²) in [5, 5.41) is 0. The number of Topliss-reactive ketones (excluding diaryl/α,β-unsaturated/α-hetero) is 1. The first-order valence-electron chi connectivity index (χ1n) is 8.37. The van der Waals surface area contributed by atoms with Gasteiger partial charge < -0.3 is 4.74 Å². The van der Waals surface area contributed by atoms with Crippen LogP contribution in [0.5, 0.6) is 5.75 Å². The minimum absolute atomic E-state index is 0.190. The summed E-state index contributed by atoms with van der Waals surface area (Å²) in [4.78, 5) is 12.6. The number of carbonyl (C=O) groups excluding carboxylic acids is 1. The summed E-state index contributed by atoms with van der Waals surface area (Å²) in [6, 6.07) is 16.0. The van der Waals surface area contributed by atoms with Crippen molar-refractivity contribution in [1.82, 2.24) is 0 Å². The monoisotopic (exact) mass is 306 g/mol. The summed E-state index contributed by atoms with van der Waals surface area (Å²) >= 11 is 0. The molecule has 0 unspecified atom stereocenters. The first kappa shape index (κ1) is 15.5. The third-order valence-corrected chi connectivity index (χ3v) is 4.15. The molecule has 0 amide bonds. The Hall–Kier alpha value is -2.35. The maximum Gasteiger partial charge on any atom is 0.167 e. The molecule has 0 bridgehead atoms. The fourth-order valence-electron chi connectivity index (χ4n) is 2.90. The van der Waals surface area contributed by atoms with Crippen molar-refractivity contribution in [2.75, 3.05) is 6.61 Å². The predicted molar refractivity (Wildman–Crippen MR) is 94.7 cm³/mol. The van der Waals surface area contributed by atoms with E-state index in [-0.39, 0.29) is 5.78 Å². The lowest BCUT2D eigenvalue weighted by Gasteiger charge is -2.15. The van der Waals surface area contributed by atoms with Gasteiger partial charge in [-0.2, -0.15) is 0 Å². The van der Waals surface area contributed by atoms with E-state index in [9.17, 15) is 4.79 Å². The molecule has 2 heteroatoms. The SMILES string of the molecule is O=C1CCCCCCOc2cccc(/C=C/c3ccccc3)c21. The van der Waals surface area contributed by atoms with Gasteiger partial charge in [0, 0.05) is 6.42 Å². The highest BCUT2D eigenvalue weighted by Gasteiger charge is 2.17. The molecule has 0 spiro atoms. The van der Waals surface area contributed by atoms with Crippen molar-refractivity contribution in [2.45, 2.75) is 32.1 Å². The van der Waals surface area contributed by atoms with Crippen LogP contribution in [0.3, 0.4) is 0 Å². The molecule has 0 radical (unpaired) electrons. The molecule has 2 aromatic rings. The Morgan fingerprint density at radius 3 is 2.52 bits per heavy atom. The molecule has 0 N–H and O–H groups in total. The standard InChI is InChI=1S/C21H22O2/c22-19-12-6-1-2-7-16-23-20-13-8-11-18(21(19)20)15-14-17-9-4-3-5-10-17/h3-5,8-11,13-15H,1-2,6-7,12,16H2/b15-14+. The molecule has 0 saturated heterocycles. The van der Waals surface area contributed by atoms with E-state index in [4.69, 9.17) is 4.74 Å². The normalized spacial score (nSPS) is 15.9. The molecular formula is C21H22O2. The van der Waals surface area contributed by atoms with Crippen LogP contribution in [-0.2, 0) is 0 Å². The van der Waals surface area contributed by atoms with Crippen molar-refractivity contribution < 1.29 is 9.53 Å². The average Bonchev–Trinajstić information content (AvgIpc) is 2.60. The van der Waals surface area contributed by atoms with Crippen molar-refractivity contribution in [3.05, 3.63) is 65.2 Å². The van der Waals surface area contributed by atoms with Crippen LogP contribution < -0.4 is 4.74 Å². The molecule has 0 aliphatic carbocycles. The van der Waals surface area contributed by atoms with Crippen molar-refractivity contribution in [3.63, 3.8) is 0 Å². The molecule has 0 saturated carbocycles. The summed E-state index contributed by atoms with van der Waals surface area (Å²) in [7, 11) is 0. The van der Waals surface area contributed by atoms with Crippen molar-refractivity contribution in [3.8, 4) is 5.75 Å². The highest BCUT2D eigenvalue weighted by molar-refractivity contribution is 6.02. The summed E-state index contributed by atoms with van der Waals surface area (Å²) in [6.07, 6.45) is 8.92. The Morgan fingerprint density at radius 1 is 0.826 bits per heavy atom. The van der Waals surface area contributed by atoms with Crippen molar-refractivity contribution >= 4 is 17.9 Å². The van der Waals surface area contributed by atoms with E-state index in [1.807, 2.05) is 48.6 Å². The van der Waals surface area contributed by atoms with Crippen LogP contribution in [0.15, 0.2) is 48.5 Å². The van der Waals surface area contributed by atoms with Gasteiger partial charge in [-0.3, -0.25) is 4.79 Å². The fraction of sp³-hybridized carbons (Fsp3) is 0.286. The van der Waals surface area contributed by atoms with Gasteiger partial charge in [0.05, 0.1) is 12.2 Å². The molecule has 0 aromatic heterocycles. The van der Waals surface area contributed by atoms with Gasteiger partial charge in [0.2, 0.25) is 0 Å². The summed E-state index contributed by atoms with van der Waals surface area (Å²) in [5.74, 6) is 0.919. The Balaban J connectivity index is 1.94. The summed E-state index contributed by atoms with van der Waals surface area (Å²) in [5.41, 5.74) is 2.80. The lowest BCUT2D eigenvalue weighted by atomic mass is 9.97. The highest BCUT2D eigenvalue weighted by atomic mass is 16.5. The fourth-order valence-corrected chi connectivity index (χ4v) is 2.90. The number of rotatable bonds is 2. The van der Waals surface area contributed by atoms with Crippen LogP contribution in [-0.4, -0.2) is 12.4 Å². The Labute approximate surface area is 137 Å². The summed E-state index contributed by atoms with van der Waals surface area (Å²) < 4.78 is 5.87. The van der Waals surface area contributed by atoms with Gasteiger partial charge in [-0.25, -0.2) is 0 Å². The number of hydrogen-bond acceptors (Lipinski definition) is 2. The van der Waals surface area contributed by atoms with Gasteiger partial charge >= 0.3 is 0 Å². The van der Waals surface area contributed by atoms with Crippen LogP contribution in [0.4, 0.5) is 0 Å². The van der Waals surface area contributed by atoms with E-state index in [1.165, 1.54) is 0 Å². The molecule has 3 rings (SSSR count). The van der Waals surface area contributed by atoms with E-state index in [2.05, 4.69) is 12.1 Å². The molecular weight excluding hydrogens is 284 g/mol. The minimum Gasteiger partial charge on any atom is -0.493 e. The van der Waals surface area contributed by atoms with Gasteiger partial charge in [0.1, 0.15) is 5.75 Å². The van der Waals surface area contributed by atoms with Gasteiger partial charge in [-0.15, -0.1) is 0 Å². The molecule has 2 nitrogen and oxygen atoms in total. The van der Waals surface area contributed by atoms with E-state index in [0.717, 1.165) is 48.1 Å². The third-order valence-electron chi connectivity index (χ3n) is 4.15. The zero-order valence-electron chi connectivity index (χ0n) is 13.3. The van der Waals surface area contributed by atoms with E-state index in [0.29, 0.717) is 13.0 Å². The quantitative estimate of drug-likeness (QED) is 0.696. The molecule has 1 heterocycles. The number of carbonyl (C=O) groups is 1. The van der Waals surface area contributed by atoms with Crippen LogP contribution in [0.25, 0.3) is 12.2 Å². The highest BCUT2D eigenvalue weighted by Crippen LogP contribution is 2.28. The largest absolute Gasteiger partial charge is 0.493 e. The van der Waals surface area contributed by atoms with E-state index < -0.39 is 0 Å². The number of benzene rings is 2. The Kier molecular flexibility index (Phi) is 5.25. The number of fused-ring (bicyclic) bond motifs is 1. The Bertz CT molecular complexity index is 686. The van der Waals surface area contributed by atoms with Gasteiger partial charge in [0.25, 0.3) is 0 Å². The second-order valence-electron chi connectivity index (χ2n) is 5.90. The number of ketones is 1. The third kappa shape index (κ3) is 4.10. The molecule has 118 valence electrons. The van der Waals surface area contributed by atoms with Gasteiger partial charge in [-0.1, -0.05) is 67.5 Å². The molecule has 2 aromatic carbocycles. The van der Waals surface area contributed by atoms with Crippen molar-refractivity contribution in [1.29, 1.82) is 0 Å². The number of hydrogen-bond donors (Lipinski definition) is 0.